The molecular weight excluding hydrogens is 144 g/mol. The maximum atomic E-state index is 9.24. The third kappa shape index (κ3) is 3.70. The van der Waals surface area contributed by atoms with Crippen molar-refractivity contribution in [1.82, 2.24) is 0 Å². The van der Waals surface area contributed by atoms with Crippen molar-refractivity contribution >= 4 is 0 Å². The van der Waals surface area contributed by atoms with Crippen LogP contribution in [0.1, 0.15) is 20.8 Å². The van der Waals surface area contributed by atoms with Gasteiger partial charge in [0.2, 0.25) is 0 Å². The summed E-state index contributed by atoms with van der Waals surface area (Å²) in [4.78, 5) is 0. The maximum Gasteiger partial charge on any atom is 0.103 e. The van der Waals surface area contributed by atoms with E-state index in [4.69, 9.17) is 9.84 Å². The van der Waals surface area contributed by atoms with Crippen molar-refractivity contribution in [3.63, 3.8) is 0 Å². The van der Waals surface area contributed by atoms with Crippen LogP contribution in [0.4, 0.5) is 0 Å². The molecule has 3 heteroatoms. The van der Waals surface area contributed by atoms with Gasteiger partial charge in [0.25, 0.3) is 0 Å². The Morgan fingerprint density at radius 1 is 1.36 bits per heavy atom. The lowest BCUT2D eigenvalue weighted by Gasteiger charge is -2.24. The quantitative estimate of drug-likeness (QED) is 0.615. The van der Waals surface area contributed by atoms with Gasteiger partial charge in [-0.05, 0) is 12.8 Å². The van der Waals surface area contributed by atoms with Crippen molar-refractivity contribution in [3.8, 4) is 0 Å². The highest BCUT2D eigenvalue weighted by Gasteiger charge is 2.21. The lowest BCUT2D eigenvalue weighted by molar-refractivity contribution is -0.0749. The standard InChI is InChI=1S/C8H18O3/c1-4-11-8(6(2)3)7(10)5-9/h6-10H,4-5H2,1-3H3/t7-,8-/m0/s1. The van der Waals surface area contributed by atoms with Crippen LogP contribution < -0.4 is 0 Å². The van der Waals surface area contributed by atoms with E-state index in [1.807, 2.05) is 20.8 Å². The maximum absolute atomic E-state index is 9.24. The van der Waals surface area contributed by atoms with Gasteiger partial charge in [0.15, 0.2) is 0 Å². The molecule has 11 heavy (non-hydrogen) atoms. The molecule has 0 aliphatic carbocycles. The van der Waals surface area contributed by atoms with Crippen molar-refractivity contribution in [2.75, 3.05) is 13.2 Å². The minimum atomic E-state index is -0.755. The van der Waals surface area contributed by atoms with E-state index in [2.05, 4.69) is 0 Å². The zero-order chi connectivity index (χ0) is 8.85. The SMILES string of the molecule is CCO[C@@H](C(C)C)[C@@H](O)CO. The van der Waals surface area contributed by atoms with Crippen LogP contribution in [0.3, 0.4) is 0 Å². The molecule has 0 bridgehead atoms. The first kappa shape index (κ1) is 10.9. The smallest absolute Gasteiger partial charge is 0.103 e. The fourth-order valence-corrected chi connectivity index (χ4v) is 1.04. The molecule has 3 nitrogen and oxygen atoms in total. The zero-order valence-electron chi connectivity index (χ0n) is 7.45. The predicted octanol–water partition coefficient (Wildman–Crippen LogP) is 0.401. The fraction of sp³-hybridized carbons (Fsp3) is 1.00. The molecule has 0 unspecified atom stereocenters. The summed E-state index contributed by atoms with van der Waals surface area (Å²) in [6.45, 7) is 6.13. The average Bonchev–Trinajstić information content (AvgIpc) is 1.98. The van der Waals surface area contributed by atoms with E-state index in [1.54, 1.807) is 0 Å². The Balaban J connectivity index is 3.87. The number of aliphatic hydroxyl groups excluding tert-OH is 2. The molecule has 0 aromatic rings. The summed E-state index contributed by atoms with van der Waals surface area (Å²) < 4.78 is 5.25. The largest absolute Gasteiger partial charge is 0.394 e. The summed E-state index contributed by atoms with van der Waals surface area (Å²) in [5.74, 6) is 0.233. The van der Waals surface area contributed by atoms with Gasteiger partial charge in [-0.15, -0.1) is 0 Å². The average molecular weight is 162 g/mol. The Morgan fingerprint density at radius 2 is 1.91 bits per heavy atom. The predicted molar refractivity (Wildman–Crippen MR) is 43.3 cm³/mol. The fourth-order valence-electron chi connectivity index (χ4n) is 1.04. The van der Waals surface area contributed by atoms with Crippen LogP contribution in [0.2, 0.25) is 0 Å². The monoisotopic (exact) mass is 162 g/mol. The molecule has 0 saturated carbocycles. The topological polar surface area (TPSA) is 49.7 Å². The van der Waals surface area contributed by atoms with Crippen molar-refractivity contribution in [2.45, 2.75) is 33.0 Å². The number of rotatable bonds is 5. The summed E-state index contributed by atoms with van der Waals surface area (Å²) in [5, 5.41) is 17.9. The van der Waals surface area contributed by atoms with Gasteiger partial charge in [-0.25, -0.2) is 0 Å². The van der Waals surface area contributed by atoms with Crippen LogP contribution in [0.5, 0.6) is 0 Å². The van der Waals surface area contributed by atoms with Crippen molar-refractivity contribution < 1.29 is 14.9 Å². The minimum Gasteiger partial charge on any atom is -0.394 e. The molecule has 0 rings (SSSR count). The van der Waals surface area contributed by atoms with Crippen molar-refractivity contribution in [1.29, 1.82) is 0 Å². The van der Waals surface area contributed by atoms with E-state index >= 15 is 0 Å². The van der Waals surface area contributed by atoms with Crippen molar-refractivity contribution in [3.05, 3.63) is 0 Å². The molecule has 0 amide bonds. The molecular formula is C8H18O3. The Kier molecular flexibility index (Phi) is 5.46. The van der Waals surface area contributed by atoms with E-state index in [9.17, 15) is 5.11 Å². The first-order valence-electron chi connectivity index (χ1n) is 4.04. The number of ether oxygens (including phenoxy) is 1. The second-order valence-corrected chi connectivity index (χ2v) is 2.91. The van der Waals surface area contributed by atoms with Gasteiger partial charge >= 0.3 is 0 Å². The lowest BCUT2D eigenvalue weighted by Crippen LogP contribution is -2.36. The first-order valence-corrected chi connectivity index (χ1v) is 4.04. The molecule has 0 saturated heterocycles. The summed E-state index contributed by atoms with van der Waals surface area (Å²) in [6.07, 6.45) is -1.00. The van der Waals surface area contributed by atoms with Crippen LogP contribution in [-0.4, -0.2) is 35.6 Å². The molecule has 0 spiro atoms. The van der Waals surface area contributed by atoms with Crippen LogP contribution in [-0.2, 0) is 4.74 Å². The van der Waals surface area contributed by atoms with Crippen LogP contribution in [0.15, 0.2) is 0 Å². The molecule has 68 valence electrons. The number of hydrogen-bond donors (Lipinski definition) is 2. The highest BCUT2D eigenvalue weighted by molar-refractivity contribution is 4.70. The summed E-state index contributed by atoms with van der Waals surface area (Å²) >= 11 is 0. The van der Waals surface area contributed by atoms with Crippen LogP contribution >= 0.6 is 0 Å². The minimum absolute atomic E-state index is 0.233. The van der Waals surface area contributed by atoms with Gasteiger partial charge in [-0.2, -0.15) is 0 Å². The molecule has 0 radical (unpaired) electrons. The lowest BCUT2D eigenvalue weighted by atomic mass is 10.0. The van der Waals surface area contributed by atoms with E-state index in [1.165, 1.54) is 0 Å². The Bertz CT molecular complexity index is 93.3. The number of hydrogen-bond acceptors (Lipinski definition) is 3. The molecule has 0 aromatic carbocycles. The zero-order valence-corrected chi connectivity index (χ0v) is 7.45. The third-order valence-corrected chi connectivity index (χ3v) is 1.58. The van der Waals surface area contributed by atoms with Gasteiger partial charge < -0.3 is 14.9 Å². The van der Waals surface area contributed by atoms with Crippen molar-refractivity contribution in [2.24, 2.45) is 5.92 Å². The summed E-state index contributed by atoms with van der Waals surface area (Å²) in [6, 6.07) is 0. The van der Waals surface area contributed by atoms with E-state index in [0.29, 0.717) is 6.61 Å². The van der Waals surface area contributed by atoms with Gasteiger partial charge in [0, 0.05) is 6.61 Å². The highest BCUT2D eigenvalue weighted by Crippen LogP contribution is 2.10. The molecule has 2 atom stereocenters. The molecule has 2 N–H and O–H groups in total. The molecule has 0 fully saturated rings. The van der Waals surface area contributed by atoms with E-state index in [-0.39, 0.29) is 18.6 Å². The van der Waals surface area contributed by atoms with E-state index in [0.717, 1.165) is 0 Å². The van der Waals surface area contributed by atoms with Gasteiger partial charge in [-0.1, -0.05) is 13.8 Å². The summed E-state index contributed by atoms with van der Waals surface area (Å²) in [5.41, 5.74) is 0. The third-order valence-electron chi connectivity index (χ3n) is 1.58. The molecule has 0 aliphatic rings. The molecule has 0 aromatic heterocycles. The molecule has 0 heterocycles. The highest BCUT2D eigenvalue weighted by atomic mass is 16.5. The normalized spacial score (nSPS) is 16.9. The van der Waals surface area contributed by atoms with Gasteiger partial charge in [-0.3, -0.25) is 0 Å². The Hall–Kier alpha value is -0.120. The number of aliphatic hydroxyl groups is 2. The van der Waals surface area contributed by atoms with E-state index < -0.39 is 6.10 Å². The second-order valence-electron chi connectivity index (χ2n) is 2.91. The second kappa shape index (κ2) is 5.52. The summed E-state index contributed by atoms with van der Waals surface area (Å²) in [7, 11) is 0. The Labute approximate surface area is 68.0 Å². The van der Waals surface area contributed by atoms with Crippen LogP contribution in [0, 0.1) is 5.92 Å². The van der Waals surface area contributed by atoms with Gasteiger partial charge in [0.1, 0.15) is 6.10 Å². The molecule has 0 aliphatic heterocycles. The van der Waals surface area contributed by atoms with Gasteiger partial charge in [0.05, 0.1) is 12.7 Å². The van der Waals surface area contributed by atoms with Crippen LogP contribution in [0.25, 0.3) is 0 Å². The Morgan fingerprint density at radius 3 is 2.18 bits per heavy atom. The first-order chi connectivity index (χ1) is 5.13.